The van der Waals surface area contributed by atoms with Gasteiger partial charge in [-0.3, -0.25) is 4.57 Å². The molecule has 23 heavy (non-hydrogen) atoms. The van der Waals surface area contributed by atoms with E-state index in [0.29, 0.717) is 5.92 Å². The Morgan fingerprint density at radius 3 is 2.52 bits per heavy atom. The summed E-state index contributed by atoms with van der Waals surface area (Å²) in [4.78, 5) is 15.4. The van der Waals surface area contributed by atoms with Gasteiger partial charge in [-0.15, -0.1) is 0 Å². The van der Waals surface area contributed by atoms with Gasteiger partial charge in [-0.1, -0.05) is 55.7 Å². The van der Waals surface area contributed by atoms with E-state index in [4.69, 9.17) is 0 Å². The lowest BCUT2D eigenvalue weighted by Gasteiger charge is -2.21. The monoisotopic (exact) mass is 306 g/mol. The number of aromatic amines is 1. The van der Waals surface area contributed by atoms with Crippen molar-refractivity contribution in [3.8, 4) is 11.1 Å². The number of nitrogens with one attached hydrogen (secondary N) is 1. The third-order valence-electron chi connectivity index (χ3n) is 5.05. The summed E-state index contributed by atoms with van der Waals surface area (Å²) in [5.74, 6) is 0.647. The van der Waals surface area contributed by atoms with E-state index in [1.165, 1.54) is 37.7 Å². The fraction of sp³-hybridized carbons (Fsp3) is 0.350. The standard InChI is InChI=1S/C20H22N2O/c23-20-21-18-13-17(16-9-5-2-6-10-16)11-12-19(18)22(20)14-15-7-3-1-4-8-15/h2,5-6,9-13,15H,1,3-4,7-8,14H2,(H,21,23). The summed E-state index contributed by atoms with van der Waals surface area (Å²) < 4.78 is 1.93. The Labute approximate surface area is 136 Å². The Balaban J connectivity index is 1.70. The molecular formula is C20H22N2O. The molecule has 1 saturated carbocycles. The molecule has 3 nitrogen and oxygen atoms in total. The first-order valence-electron chi connectivity index (χ1n) is 8.59. The molecule has 2 aromatic carbocycles. The Morgan fingerprint density at radius 2 is 1.74 bits per heavy atom. The van der Waals surface area contributed by atoms with Crippen LogP contribution in [-0.4, -0.2) is 9.55 Å². The number of benzene rings is 2. The number of aromatic nitrogens is 2. The van der Waals surface area contributed by atoms with Crippen LogP contribution < -0.4 is 5.69 Å². The smallest absolute Gasteiger partial charge is 0.306 e. The van der Waals surface area contributed by atoms with Crippen LogP contribution in [-0.2, 0) is 6.54 Å². The van der Waals surface area contributed by atoms with Crippen LogP contribution in [0.3, 0.4) is 0 Å². The molecular weight excluding hydrogens is 284 g/mol. The largest absolute Gasteiger partial charge is 0.326 e. The minimum absolute atomic E-state index is 0.0239. The highest BCUT2D eigenvalue weighted by atomic mass is 16.1. The SMILES string of the molecule is O=c1[nH]c2cc(-c3ccccc3)ccc2n1CC1CCCCC1. The van der Waals surface area contributed by atoms with Crippen molar-refractivity contribution in [2.45, 2.75) is 38.6 Å². The van der Waals surface area contributed by atoms with E-state index < -0.39 is 0 Å². The van der Waals surface area contributed by atoms with E-state index in [2.05, 4.69) is 35.3 Å². The first kappa shape index (κ1) is 14.3. The molecule has 4 rings (SSSR count). The summed E-state index contributed by atoms with van der Waals surface area (Å²) in [5.41, 5.74) is 4.31. The maximum absolute atomic E-state index is 12.4. The molecule has 1 aliphatic rings. The van der Waals surface area contributed by atoms with Gasteiger partial charge in [0.1, 0.15) is 0 Å². The number of hydrogen-bond donors (Lipinski definition) is 1. The normalized spacial score (nSPS) is 16.0. The van der Waals surface area contributed by atoms with E-state index in [1.807, 2.05) is 22.8 Å². The molecule has 0 atom stereocenters. The molecule has 1 heterocycles. The van der Waals surface area contributed by atoms with Crippen molar-refractivity contribution in [2.75, 3.05) is 0 Å². The van der Waals surface area contributed by atoms with Crippen LogP contribution in [0.25, 0.3) is 22.2 Å². The lowest BCUT2D eigenvalue weighted by Crippen LogP contribution is -2.22. The van der Waals surface area contributed by atoms with Crippen molar-refractivity contribution < 1.29 is 0 Å². The number of hydrogen-bond acceptors (Lipinski definition) is 1. The van der Waals surface area contributed by atoms with E-state index in [1.54, 1.807) is 0 Å². The molecule has 0 radical (unpaired) electrons. The fourth-order valence-electron chi connectivity index (χ4n) is 3.78. The van der Waals surface area contributed by atoms with E-state index in [0.717, 1.165) is 23.1 Å². The van der Waals surface area contributed by atoms with Gasteiger partial charge in [-0.25, -0.2) is 4.79 Å². The summed E-state index contributed by atoms with van der Waals surface area (Å²) in [6.45, 7) is 0.851. The van der Waals surface area contributed by atoms with Crippen LogP contribution in [0.1, 0.15) is 32.1 Å². The number of rotatable bonds is 3. The van der Waals surface area contributed by atoms with Crippen LogP contribution in [0.5, 0.6) is 0 Å². The molecule has 3 heteroatoms. The van der Waals surface area contributed by atoms with Crippen molar-refractivity contribution in [1.82, 2.24) is 9.55 Å². The molecule has 0 amide bonds. The Morgan fingerprint density at radius 1 is 0.957 bits per heavy atom. The molecule has 118 valence electrons. The minimum Gasteiger partial charge on any atom is -0.306 e. The van der Waals surface area contributed by atoms with E-state index in [-0.39, 0.29) is 5.69 Å². The summed E-state index contributed by atoms with van der Waals surface area (Å²) in [6, 6.07) is 16.6. The maximum atomic E-state index is 12.4. The minimum atomic E-state index is 0.0239. The predicted molar refractivity (Wildman–Crippen MR) is 94.6 cm³/mol. The fourth-order valence-corrected chi connectivity index (χ4v) is 3.78. The lowest BCUT2D eigenvalue weighted by molar-refractivity contribution is 0.319. The lowest BCUT2D eigenvalue weighted by atomic mass is 9.89. The van der Waals surface area contributed by atoms with Crippen LogP contribution >= 0.6 is 0 Å². The molecule has 0 aliphatic heterocycles. The zero-order chi connectivity index (χ0) is 15.6. The molecule has 0 spiro atoms. The topological polar surface area (TPSA) is 37.8 Å². The Bertz CT molecular complexity index is 854. The number of H-pyrrole nitrogens is 1. The molecule has 3 aromatic rings. The summed E-state index contributed by atoms with van der Waals surface area (Å²) in [7, 11) is 0. The third-order valence-corrected chi connectivity index (χ3v) is 5.05. The first-order valence-corrected chi connectivity index (χ1v) is 8.59. The Kier molecular flexibility index (Phi) is 3.78. The van der Waals surface area contributed by atoms with Gasteiger partial charge in [0.05, 0.1) is 11.0 Å². The summed E-state index contributed by atoms with van der Waals surface area (Å²) >= 11 is 0. The average molecular weight is 306 g/mol. The van der Waals surface area contributed by atoms with Gasteiger partial charge in [0.2, 0.25) is 0 Å². The van der Waals surface area contributed by atoms with E-state index >= 15 is 0 Å². The predicted octanol–water partition coefficient (Wildman–Crippen LogP) is 4.58. The molecule has 0 unspecified atom stereocenters. The van der Waals surface area contributed by atoms with Gasteiger partial charge in [-0.05, 0) is 42.0 Å². The van der Waals surface area contributed by atoms with Crippen molar-refractivity contribution in [1.29, 1.82) is 0 Å². The van der Waals surface area contributed by atoms with Gasteiger partial charge >= 0.3 is 5.69 Å². The summed E-state index contributed by atoms with van der Waals surface area (Å²) in [6.07, 6.45) is 6.46. The molecule has 0 saturated heterocycles. The van der Waals surface area contributed by atoms with Gasteiger partial charge < -0.3 is 4.98 Å². The van der Waals surface area contributed by atoms with Crippen molar-refractivity contribution >= 4 is 11.0 Å². The highest BCUT2D eigenvalue weighted by Gasteiger charge is 2.17. The van der Waals surface area contributed by atoms with Crippen molar-refractivity contribution in [3.05, 3.63) is 59.0 Å². The molecule has 1 aliphatic carbocycles. The zero-order valence-electron chi connectivity index (χ0n) is 13.3. The Hall–Kier alpha value is -2.29. The van der Waals surface area contributed by atoms with Crippen molar-refractivity contribution in [3.63, 3.8) is 0 Å². The van der Waals surface area contributed by atoms with Crippen LogP contribution in [0.15, 0.2) is 53.3 Å². The molecule has 0 bridgehead atoms. The van der Waals surface area contributed by atoms with Crippen LogP contribution in [0.2, 0.25) is 0 Å². The number of imidazole rings is 1. The van der Waals surface area contributed by atoms with Crippen LogP contribution in [0, 0.1) is 5.92 Å². The number of fused-ring (bicyclic) bond motifs is 1. The quantitative estimate of drug-likeness (QED) is 0.756. The summed E-state index contributed by atoms with van der Waals surface area (Å²) in [5, 5.41) is 0. The highest BCUT2D eigenvalue weighted by molar-refractivity contribution is 5.82. The first-order chi connectivity index (χ1) is 11.3. The van der Waals surface area contributed by atoms with E-state index in [9.17, 15) is 4.79 Å². The second-order valence-corrected chi connectivity index (χ2v) is 6.64. The highest BCUT2D eigenvalue weighted by Crippen LogP contribution is 2.27. The van der Waals surface area contributed by atoms with Gasteiger partial charge in [0.15, 0.2) is 0 Å². The van der Waals surface area contributed by atoms with Crippen LogP contribution in [0.4, 0.5) is 0 Å². The number of nitrogens with zero attached hydrogens (tertiary/aromatic N) is 1. The van der Waals surface area contributed by atoms with Gasteiger partial charge in [-0.2, -0.15) is 0 Å². The zero-order valence-corrected chi connectivity index (χ0v) is 13.3. The second-order valence-electron chi connectivity index (χ2n) is 6.64. The molecule has 1 aromatic heterocycles. The molecule has 1 fully saturated rings. The third kappa shape index (κ3) is 2.83. The average Bonchev–Trinajstić information content (AvgIpc) is 2.91. The molecule has 1 N–H and O–H groups in total. The van der Waals surface area contributed by atoms with Crippen molar-refractivity contribution in [2.24, 2.45) is 5.92 Å². The van der Waals surface area contributed by atoms with Gasteiger partial charge in [0.25, 0.3) is 0 Å². The maximum Gasteiger partial charge on any atom is 0.326 e. The second kappa shape index (κ2) is 6.07. The van der Waals surface area contributed by atoms with Gasteiger partial charge in [0, 0.05) is 6.54 Å².